The molecule has 1 atom stereocenters. The van der Waals surface area contributed by atoms with E-state index in [-0.39, 0.29) is 6.10 Å². The number of nitrogens with zero attached hydrogens (tertiary/aromatic N) is 1. The highest BCUT2D eigenvalue weighted by molar-refractivity contribution is 5.79. The van der Waals surface area contributed by atoms with Crippen LogP contribution >= 0.6 is 0 Å². The molecule has 0 radical (unpaired) electrons. The van der Waals surface area contributed by atoms with Gasteiger partial charge in [-0.15, -0.1) is 0 Å². The number of nitrogens with one attached hydrogen (secondary N) is 2. The summed E-state index contributed by atoms with van der Waals surface area (Å²) in [6.45, 7) is 8.71. The average molecular weight is 404 g/mol. The van der Waals surface area contributed by atoms with E-state index < -0.39 is 0 Å². The van der Waals surface area contributed by atoms with Gasteiger partial charge in [-0.05, 0) is 44.7 Å². The lowest BCUT2D eigenvalue weighted by atomic mass is 10.1. The molecule has 6 nitrogen and oxygen atoms in total. The van der Waals surface area contributed by atoms with Crippen LogP contribution in [0.1, 0.15) is 56.6 Å². The first kappa shape index (κ1) is 21.9. The van der Waals surface area contributed by atoms with Crippen molar-refractivity contribution in [3.63, 3.8) is 0 Å². The fourth-order valence-electron chi connectivity index (χ4n) is 3.78. The highest BCUT2D eigenvalue weighted by Gasteiger charge is 2.19. The molecule has 1 aliphatic carbocycles. The van der Waals surface area contributed by atoms with E-state index in [1.165, 1.54) is 31.2 Å². The average Bonchev–Trinajstić information content (AvgIpc) is 3.41. The third-order valence-corrected chi connectivity index (χ3v) is 5.43. The Balaban J connectivity index is 1.49. The number of benzene rings is 1. The Hall–Kier alpha value is -1.79. The van der Waals surface area contributed by atoms with Gasteiger partial charge in [0.1, 0.15) is 11.9 Å². The van der Waals surface area contributed by atoms with Crippen LogP contribution < -0.4 is 15.4 Å². The van der Waals surface area contributed by atoms with E-state index in [1.54, 1.807) is 0 Å². The monoisotopic (exact) mass is 403 g/mol. The number of ether oxygens (including phenoxy) is 3. The number of hydrogen-bond acceptors (Lipinski definition) is 4. The molecular formula is C23H37N3O3. The van der Waals surface area contributed by atoms with E-state index in [0.717, 1.165) is 56.4 Å². The summed E-state index contributed by atoms with van der Waals surface area (Å²) in [6.07, 6.45) is 7.66. The summed E-state index contributed by atoms with van der Waals surface area (Å²) in [5, 5.41) is 6.74. The van der Waals surface area contributed by atoms with Gasteiger partial charge >= 0.3 is 0 Å². The van der Waals surface area contributed by atoms with E-state index in [1.807, 2.05) is 0 Å². The van der Waals surface area contributed by atoms with Crippen LogP contribution in [0.4, 0.5) is 0 Å². The molecule has 1 aromatic carbocycles. The largest absolute Gasteiger partial charge is 0.488 e. The van der Waals surface area contributed by atoms with Crippen LogP contribution in [0.2, 0.25) is 0 Å². The molecule has 29 heavy (non-hydrogen) atoms. The summed E-state index contributed by atoms with van der Waals surface area (Å²) in [4.78, 5) is 4.77. The molecule has 0 aromatic heterocycles. The highest BCUT2D eigenvalue weighted by Crippen LogP contribution is 2.24. The van der Waals surface area contributed by atoms with Gasteiger partial charge in [-0.25, -0.2) is 4.99 Å². The minimum absolute atomic E-state index is 0.144. The van der Waals surface area contributed by atoms with Crippen molar-refractivity contribution in [2.75, 3.05) is 32.9 Å². The molecule has 2 fully saturated rings. The van der Waals surface area contributed by atoms with Crippen LogP contribution in [0.3, 0.4) is 0 Å². The van der Waals surface area contributed by atoms with Crippen molar-refractivity contribution in [2.24, 2.45) is 4.99 Å². The zero-order valence-electron chi connectivity index (χ0n) is 18.0. The Kier molecular flexibility index (Phi) is 9.09. The number of aliphatic imine (C=N–C) groups is 1. The van der Waals surface area contributed by atoms with E-state index in [2.05, 4.69) is 42.7 Å². The van der Waals surface area contributed by atoms with Gasteiger partial charge in [-0.1, -0.05) is 25.0 Å². The molecule has 162 valence electrons. The van der Waals surface area contributed by atoms with Crippen molar-refractivity contribution in [3.05, 3.63) is 29.3 Å². The molecule has 1 aliphatic heterocycles. The van der Waals surface area contributed by atoms with Gasteiger partial charge in [0.15, 0.2) is 5.96 Å². The first-order chi connectivity index (χ1) is 14.2. The Morgan fingerprint density at radius 1 is 1.17 bits per heavy atom. The summed E-state index contributed by atoms with van der Waals surface area (Å²) in [5.74, 6) is 1.76. The quantitative estimate of drug-likeness (QED) is 0.355. The third-order valence-electron chi connectivity index (χ3n) is 5.43. The van der Waals surface area contributed by atoms with Gasteiger partial charge in [-0.2, -0.15) is 0 Å². The molecule has 2 aliphatic rings. The first-order valence-corrected chi connectivity index (χ1v) is 11.2. The van der Waals surface area contributed by atoms with Crippen molar-refractivity contribution in [3.8, 4) is 5.75 Å². The summed E-state index contributed by atoms with van der Waals surface area (Å²) in [6, 6.07) is 6.33. The summed E-state index contributed by atoms with van der Waals surface area (Å²) in [7, 11) is 0. The maximum absolute atomic E-state index is 6.19. The lowest BCUT2D eigenvalue weighted by Crippen LogP contribution is -2.38. The minimum Gasteiger partial charge on any atom is -0.488 e. The fourth-order valence-corrected chi connectivity index (χ4v) is 3.78. The predicted molar refractivity (Wildman–Crippen MR) is 117 cm³/mol. The van der Waals surface area contributed by atoms with Crippen molar-refractivity contribution < 1.29 is 14.2 Å². The summed E-state index contributed by atoms with van der Waals surface area (Å²) in [5.41, 5.74) is 2.29. The third kappa shape index (κ3) is 7.52. The standard InChI is InChI=1S/C23H37N3O3/c1-3-24-23(25-12-6-13-28-20-7-4-5-8-20)26-16-19-10-9-18(2)15-22(19)29-21-11-14-27-17-21/h9-10,15,20-21H,3-8,11-14,16-17H2,1-2H3,(H2,24,25,26). The Morgan fingerprint density at radius 2 is 2.03 bits per heavy atom. The Labute approximate surface area is 175 Å². The van der Waals surface area contributed by atoms with Gasteiger partial charge in [0.2, 0.25) is 0 Å². The molecule has 1 heterocycles. The second kappa shape index (κ2) is 12.0. The van der Waals surface area contributed by atoms with Crippen LogP contribution in [0, 0.1) is 6.92 Å². The van der Waals surface area contributed by atoms with E-state index in [4.69, 9.17) is 19.2 Å². The molecule has 0 amide bonds. The van der Waals surface area contributed by atoms with E-state index in [0.29, 0.717) is 19.3 Å². The van der Waals surface area contributed by atoms with Crippen LogP contribution in [-0.4, -0.2) is 51.1 Å². The number of aryl methyl sites for hydroxylation is 1. The van der Waals surface area contributed by atoms with Crippen LogP contribution in [0.5, 0.6) is 5.75 Å². The van der Waals surface area contributed by atoms with Gasteiger partial charge in [0, 0.05) is 31.7 Å². The van der Waals surface area contributed by atoms with Gasteiger partial charge in [0.25, 0.3) is 0 Å². The Bertz CT molecular complexity index is 638. The molecule has 1 saturated heterocycles. The van der Waals surface area contributed by atoms with Crippen molar-refractivity contribution in [1.29, 1.82) is 0 Å². The highest BCUT2D eigenvalue weighted by atomic mass is 16.5. The molecule has 0 bridgehead atoms. The number of guanidine groups is 1. The zero-order valence-corrected chi connectivity index (χ0v) is 18.0. The van der Waals surface area contributed by atoms with E-state index >= 15 is 0 Å². The number of rotatable bonds is 10. The van der Waals surface area contributed by atoms with Gasteiger partial charge in [0.05, 0.1) is 25.9 Å². The maximum atomic E-state index is 6.19. The Morgan fingerprint density at radius 3 is 2.79 bits per heavy atom. The molecule has 1 saturated carbocycles. The molecule has 0 spiro atoms. The topological polar surface area (TPSA) is 64.1 Å². The zero-order chi connectivity index (χ0) is 20.3. The summed E-state index contributed by atoms with van der Waals surface area (Å²) >= 11 is 0. The van der Waals surface area contributed by atoms with Crippen molar-refractivity contribution >= 4 is 5.96 Å². The fraction of sp³-hybridized carbons (Fsp3) is 0.696. The first-order valence-electron chi connectivity index (χ1n) is 11.2. The van der Waals surface area contributed by atoms with Crippen molar-refractivity contribution in [2.45, 2.75) is 71.1 Å². The van der Waals surface area contributed by atoms with Crippen LogP contribution in [0.25, 0.3) is 0 Å². The normalized spacial score (nSPS) is 20.2. The lowest BCUT2D eigenvalue weighted by molar-refractivity contribution is 0.0574. The second-order valence-electron chi connectivity index (χ2n) is 7.97. The van der Waals surface area contributed by atoms with E-state index in [9.17, 15) is 0 Å². The molecule has 1 unspecified atom stereocenters. The molecule has 6 heteroatoms. The van der Waals surface area contributed by atoms with Crippen molar-refractivity contribution in [1.82, 2.24) is 10.6 Å². The maximum Gasteiger partial charge on any atom is 0.191 e. The SMILES string of the molecule is CCNC(=NCc1ccc(C)cc1OC1CCOC1)NCCCOC1CCCC1. The smallest absolute Gasteiger partial charge is 0.191 e. The number of hydrogen-bond donors (Lipinski definition) is 2. The van der Waals surface area contributed by atoms with Crippen LogP contribution in [-0.2, 0) is 16.0 Å². The molecular weight excluding hydrogens is 366 g/mol. The lowest BCUT2D eigenvalue weighted by Gasteiger charge is -2.16. The molecule has 3 rings (SSSR count). The predicted octanol–water partition coefficient (Wildman–Crippen LogP) is 3.57. The molecule has 2 N–H and O–H groups in total. The van der Waals surface area contributed by atoms with Gasteiger partial charge in [-0.3, -0.25) is 0 Å². The van der Waals surface area contributed by atoms with Crippen LogP contribution in [0.15, 0.2) is 23.2 Å². The van der Waals surface area contributed by atoms with Gasteiger partial charge < -0.3 is 24.8 Å². The molecule has 1 aromatic rings. The second-order valence-corrected chi connectivity index (χ2v) is 7.97. The summed E-state index contributed by atoms with van der Waals surface area (Å²) < 4.78 is 17.6. The minimum atomic E-state index is 0.144.